The second-order valence-electron chi connectivity index (χ2n) is 7.62. The van der Waals surface area contributed by atoms with E-state index >= 15 is 0 Å². The fourth-order valence-electron chi connectivity index (χ4n) is 4.04. The SMILES string of the molecule is C=CCN1C[C@H](c2nc3ccccc3n2CCCOc2cccc(C)c2)CC1=O. The number of para-hydroxylation sites is 2. The van der Waals surface area contributed by atoms with Gasteiger partial charge in [-0.05, 0) is 43.2 Å². The number of aryl methyl sites for hydroxylation is 2. The fraction of sp³-hybridized carbons (Fsp3) is 0.333. The second-order valence-corrected chi connectivity index (χ2v) is 7.62. The van der Waals surface area contributed by atoms with Gasteiger partial charge in [0.25, 0.3) is 0 Å². The largest absolute Gasteiger partial charge is 0.494 e. The Morgan fingerprint density at radius 2 is 2.10 bits per heavy atom. The van der Waals surface area contributed by atoms with E-state index in [2.05, 4.69) is 36.3 Å². The van der Waals surface area contributed by atoms with E-state index in [1.165, 1.54) is 5.56 Å². The normalized spacial score (nSPS) is 16.5. The number of amides is 1. The van der Waals surface area contributed by atoms with Gasteiger partial charge in [-0.3, -0.25) is 4.79 Å². The predicted molar refractivity (Wildman–Crippen MR) is 115 cm³/mol. The zero-order chi connectivity index (χ0) is 20.2. The Balaban J connectivity index is 1.50. The maximum atomic E-state index is 12.3. The third-order valence-electron chi connectivity index (χ3n) is 5.40. The van der Waals surface area contributed by atoms with Crippen LogP contribution in [0, 0.1) is 6.92 Å². The van der Waals surface area contributed by atoms with Crippen LogP contribution in [0.25, 0.3) is 11.0 Å². The van der Waals surface area contributed by atoms with Gasteiger partial charge in [-0.2, -0.15) is 0 Å². The zero-order valence-corrected chi connectivity index (χ0v) is 16.9. The lowest BCUT2D eigenvalue weighted by Gasteiger charge is -2.16. The van der Waals surface area contributed by atoms with Gasteiger partial charge in [-0.15, -0.1) is 6.58 Å². The number of hydrogen-bond acceptors (Lipinski definition) is 3. The van der Waals surface area contributed by atoms with Crippen LogP contribution in [0.1, 0.15) is 30.1 Å². The third kappa shape index (κ3) is 4.19. The summed E-state index contributed by atoms with van der Waals surface area (Å²) in [7, 11) is 0. The maximum Gasteiger partial charge on any atom is 0.223 e. The van der Waals surface area contributed by atoms with Crippen LogP contribution in [-0.2, 0) is 11.3 Å². The van der Waals surface area contributed by atoms with Crippen molar-refractivity contribution in [1.82, 2.24) is 14.5 Å². The van der Waals surface area contributed by atoms with Crippen molar-refractivity contribution in [1.29, 1.82) is 0 Å². The Bertz CT molecular complexity index is 1020. The highest BCUT2D eigenvalue weighted by atomic mass is 16.5. The number of hydrogen-bond donors (Lipinski definition) is 0. The van der Waals surface area contributed by atoms with E-state index in [9.17, 15) is 4.79 Å². The summed E-state index contributed by atoms with van der Waals surface area (Å²) in [5.41, 5.74) is 3.30. The Morgan fingerprint density at radius 3 is 2.93 bits per heavy atom. The Hall–Kier alpha value is -3.08. The van der Waals surface area contributed by atoms with Gasteiger partial charge in [0.1, 0.15) is 11.6 Å². The number of carbonyl (C=O) groups excluding carboxylic acids is 1. The molecule has 2 heterocycles. The van der Waals surface area contributed by atoms with E-state index in [0.717, 1.165) is 35.6 Å². The zero-order valence-electron chi connectivity index (χ0n) is 16.9. The van der Waals surface area contributed by atoms with Gasteiger partial charge in [0, 0.05) is 32.0 Å². The first-order valence-corrected chi connectivity index (χ1v) is 10.2. The summed E-state index contributed by atoms with van der Waals surface area (Å²) in [6.07, 6.45) is 3.17. The lowest BCUT2D eigenvalue weighted by atomic mass is 10.1. The molecule has 1 atom stereocenters. The van der Waals surface area contributed by atoms with E-state index in [4.69, 9.17) is 9.72 Å². The first-order valence-electron chi connectivity index (χ1n) is 10.2. The van der Waals surface area contributed by atoms with E-state index in [1.54, 1.807) is 6.08 Å². The molecule has 1 aliphatic rings. The monoisotopic (exact) mass is 389 g/mol. The quantitative estimate of drug-likeness (QED) is 0.426. The minimum atomic E-state index is 0.118. The number of nitrogens with zero attached hydrogens (tertiary/aromatic N) is 3. The van der Waals surface area contributed by atoms with E-state index in [-0.39, 0.29) is 11.8 Å². The molecule has 150 valence electrons. The number of benzene rings is 2. The van der Waals surface area contributed by atoms with Crippen LogP contribution < -0.4 is 4.74 Å². The minimum absolute atomic E-state index is 0.118. The van der Waals surface area contributed by atoms with Gasteiger partial charge in [-0.25, -0.2) is 4.98 Å². The number of fused-ring (bicyclic) bond motifs is 1. The van der Waals surface area contributed by atoms with E-state index in [0.29, 0.717) is 26.1 Å². The summed E-state index contributed by atoms with van der Waals surface area (Å²) in [6, 6.07) is 16.3. The van der Waals surface area contributed by atoms with Crippen molar-refractivity contribution < 1.29 is 9.53 Å². The van der Waals surface area contributed by atoms with Gasteiger partial charge in [0.2, 0.25) is 5.91 Å². The topological polar surface area (TPSA) is 47.4 Å². The molecule has 0 radical (unpaired) electrons. The summed E-state index contributed by atoms with van der Waals surface area (Å²) >= 11 is 0. The Labute approximate surface area is 171 Å². The molecule has 2 aromatic carbocycles. The van der Waals surface area contributed by atoms with Crippen LogP contribution in [0.15, 0.2) is 61.2 Å². The maximum absolute atomic E-state index is 12.3. The summed E-state index contributed by atoms with van der Waals surface area (Å²) in [5.74, 6) is 2.20. The fourth-order valence-corrected chi connectivity index (χ4v) is 4.04. The van der Waals surface area contributed by atoms with Crippen LogP contribution in [-0.4, -0.2) is 40.1 Å². The van der Waals surface area contributed by atoms with Crippen LogP contribution in [0.4, 0.5) is 0 Å². The summed E-state index contributed by atoms with van der Waals surface area (Å²) in [6.45, 7) is 8.58. The number of likely N-dealkylation sites (tertiary alicyclic amines) is 1. The highest BCUT2D eigenvalue weighted by molar-refractivity contribution is 5.81. The van der Waals surface area contributed by atoms with Gasteiger partial charge < -0.3 is 14.2 Å². The van der Waals surface area contributed by atoms with Crippen molar-refractivity contribution in [3.05, 3.63) is 72.6 Å². The standard InChI is InChI=1S/C24H27N3O2/c1-3-12-26-17-19(16-23(26)28)24-25-21-10-4-5-11-22(21)27(24)13-7-14-29-20-9-6-8-18(2)15-20/h3-6,8-11,15,19H,1,7,12-14,16-17H2,2H3/t19-/m1/s1. The lowest BCUT2D eigenvalue weighted by Crippen LogP contribution is -2.25. The van der Waals surface area contributed by atoms with Crippen LogP contribution in [0.5, 0.6) is 5.75 Å². The van der Waals surface area contributed by atoms with Crippen LogP contribution in [0.3, 0.4) is 0 Å². The number of rotatable bonds is 8. The second kappa shape index (κ2) is 8.52. The summed E-state index contributed by atoms with van der Waals surface area (Å²) in [5, 5.41) is 0. The molecular weight excluding hydrogens is 362 g/mol. The van der Waals surface area contributed by atoms with Crippen molar-refractivity contribution in [2.24, 2.45) is 0 Å². The summed E-state index contributed by atoms with van der Waals surface area (Å²) < 4.78 is 8.19. The predicted octanol–water partition coefficient (Wildman–Crippen LogP) is 4.32. The molecule has 0 saturated carbocycles. The Morgan fingerprint density at radius 1 is 1.24 bits per heavy atom. The van der Waals surface area contributed by atoms with Crippen LogP contribution >= 0.6 is 0 Å². The number of aromatic nitrogens is 2. The van der Waals surface area contributed by atoms with Gasteiger partial charge >= 0.3 is 0 Å². The minimum Gasteiger partial charge on any atom is -0.494 e. The molecule has 0 bridgehead atoms. The van der Waals surface area contributed by atoms with Gasteiger partial charge in [-0.1, -0.05) is 30.3 Å². The summed E-state index contributed by atoms with van der Waals surface area (Å²) in [4.78, 5) is 19.1. The molecule has 0 aliphatic carbocycles. The van der Waals surface area contributed by atoms with Crippen molar-refractivity contribution >= 4 is 16.9 Å². The molecular formula is C24H27N3O2. The molecule has 0 N–H and O–H groups in total. The van der Waals surface area contributed by atoms with Crippen molar-refractivity contribution in [3.63, 3.8) is 0 Å². The first-order chi connectivity index (χ1) is 14.2. The third-order valence-corrected chi connectivity index (χ3v) is 5.40. The van der Waals surface area contributed by atoms with Gasteiger partial charge in [0.05, 0.1) is 17.6 Å². The average Bonchev–Trinajstić information content (AvgIpc) is 3.26. The lowest BCUT2D eigenvalue weighted by molar-refractivity contribution is -0.127. The molecule has 5 nitrogen and oxygen atoms in total. The Kier molecular flexibility index (Phi) is 5.65. The van der Waals surface area contributed by atoms with E-state index < -0.39 is 0 Å². The smallest absolute Gasteiger partial charge is 0.223 e. The number of ether oxygens (including phenoxy) is 1. The van der Waals surface area contributed by atoms with Gasteiger partial charge in [0.15, 0.2) is 0 Å². The van der Waals surface area contributed by atoms with Crippen LogP contribution in [0.2, 0.25) is 0 Å². The molecule has 4 rings (SSSR count). The highest BCUT2D eigenvalue weighted by Gasteiger charge is 2.33. The molecule has 0 spiro atoms. The van der Waals surface area contributed by atoms with Crippen molar-refractivity contribution in [2.45, 2.75) is 32.2 Å². The molecule has 1 saturated heterocycles. The van der Waals surface area contributed by atoms with Crippen molar-refractivity contribution in [2.75, 3.05) is 19.7 Å². The van der Waals surface area contributed by atoms with E-state index in [1.807, 2.05) is 35.2 Å². The average molecular weight is 389 g/mol. The molecule has 1 fully saturated rings. The molecule has 1 aromatic heterocycles. The van der Waals surface area contributed by atoms with Crippen molar-refractivity contribution in [3.8, 4) is 5.75 Å². The number of imidazole rings is 1. The molecule has 5 heteroatoms. The molecule has 3 aromatic rings. The molecule has 0 unspecified atom stereocenters. The molecule has 1 amide bonds. The first kappa shape index (κ1) is 19.2. The number of carbonyl (C=O) groups is 1. The molecule has 1 aliphatic heterocycles. The molecule has 29 heavy (non-hydrogen) atoms. The highest BCUT2D eigenvalue weighted by Crippen LogP contribution is 2.30.